The van der Waals surface area contributed by atoms with Gasteiger partial charge in [0.15, 0.2) is 5.13 Å². The highest BCUT2D eigenvalue weighted by Gasteiger charge is 2.23. The van der Waals surface area contributed by atoms with Crippen molar-refractivity contribution >= 4 is 28.3 Å². The lowest BCUT2D eigenvalue weighted by Gasteiger charge is -2.10. The van der Waals surface area contributed by atoms with E-state index < -0.39 is 5.97 Å². The van der Waals surface area contributed by atoms with Crippen molar-refractivity contribution in [3.8, 4) is 11.3 Å². The number of esters is 1. The number of carbonyl (C=O) groups is 2. The first kappa shape index (κ1) is 18.1. The molecular formula is C18H22N2O3S. The van der Waals surface area contributed by atoms with E-state index in [1.54, 1.807) is 6.92 Å². The molecule has 0 spiro atoms. The van der Waals surface area contributed by atoms with Gasteiger partial charge >= 0.3 is 5.97 Å². The monoisotopic (exact) mass is 346 g/mol. The average Bonchev–Trinajstić information content (AvgIpc) is 3.01. The second-order valence-corrected chi connectivity index (χ2v) is 6.28. The molecule has 1 amide bonds. The summed E-state index contributed by atoms with van der Waals surface area (Å²) in [7, 11) is 0. The number of carbonyl (C=O) groups excluding carboxylic acids is 2. The summed E-state index contributed by atoms with van der Waals surface area (Å²) in [6.45, 7) is 6.02. The lowest BCUT2D eigenvalue weighted by Crippen LogP contribution is -2.21. The van der Waals surface area contributed by atoms with Gasteiger partial charge in [0.2, 0.25) is 5.91 Å². The summed E-state index contributed by atoms with van der Waals surface area (Å²) < 4.78 is 5.12. The van der Waals surface area contributed by atoms with E-state index in [1.165, 1.54) is 0 Å². The minimum absolute atomic E-state index is 0.0554. The highest BCUT2D eigenvalue weighted by molar-refractivity contribution is 7.18. The summed E-state index contributed by atoms with van der Waals surface area (Å²) in [5, 5.41) is 3.26. The van der Waals surface area contributed by atoms with Gasteiger partial charge in [-0.25, -0.2) is 9.78 Å². The summed E-state index contributed by atoms with van der Waals surface area (Å²) >= 11 is 1.15. The molecule has 0 bridgehead atoms. The summed E-state index contributed by atoms with van der Waals surface area (Å²) in [5.74, 6) is -0.541. The number of nitrogens with zero attached hydrogens (tertiary/aromatic N) is 1. The molecule has 2 rings (SSSR count). The smallest absolute Gasteiger partial charge is 0.350 e. The molecule has 0 saturated carbocycles. The molecule has 1 N–H and O–H groups in total. The first-order valence-corrected chi connectivity index (χ1v) is 8.96. The second kappa shape index (κ2) is 8.59. The summed E-state index contributed by atoms with van der Waals surface area (Å²) in [6.07, 6.45) is 1.54. The zero-order valence-corrected chi connectivity index (χ0v) is 15.0. The van der Waals surface area contributed by atoms with E-state index in [9.17, 15) is 9.59 Å². The zero-order valence-electron chi connectivity index (χ0n) is 14.2. The number of anilines is 1. The van der Waals surface area contributed by atoms with Crippen LogP contribution in [0.4, 0.5) is 5.13 Å². The van der Waals surface area contributed by atoms with E-state index in [2.05, 4.69) is 10.3 Å². The molecule has 0 aliphatic heterocycles. The van der Waals surface area contributed by atoms with Crippen molar-refractivity contribution < 1.29 is 14.3 Å². The van der Waals surface area contributed by atoms with Gasteiger partial charge < -0.3 is 10.1 Å². The van der Waals surface area contributed by atoms with Gasteiger partial charge in [-0.05, 0) is 19.8 Å². The standard InChI is InChI=1S/C18H22N2O3S/c1-4-12(5-2)16(21)20-18-19-14(13-10-8-7-9-11-13)15(24-18)17(22)23-6-3/h7-12H,4-6H2,1-3H3,(H,19,20,21). The molecule has 2 aromatic rings. The molecule has 0 saturated heterocycles. The van der Waals surface area contributed by atoms with Crippen LogP contribution in [0.2, 0.25) is 0 Å². The van der Waals surface area contributed by atoms with E-state index in [0.717, 1.165) is 29.7 Å². The molecule has 0 fully saturated rings. The number of aromatic nitrogens is 1. The molecule has 5 nitrogen and oxygen atoms in total. The van der Waals surface area contributed by atoms with Crippen molar-refractivity contribution in [3.05, 3.63) is 35.2 Å². The van der Waals surface area contributed by atoms with Crippen molar-refractivity contribution in [2.24, 2.45) is 5.92 Å². The molecular weight excluding hydrogens is 324 g/mol. The quantitative estimate of drug-likeness (QED) is 0.756. The van der Waals surface area contributed by atoms with Crippen LogP contribution in [0.1, 0.15) is 43.3 Å². The van der Waals surface area contributed by atoms with Gasteiger partial charge in [0.25, 0.3) is 0 Å². The van der Waals surface area contributed by atoms with Gasteiger partial charge in [-0.1, -0.05) is 55.5 Å². The Balaban J connectivity index is 2.34. The Kier molecular flexibility index (Phi) is 6.49. The van der Waals surface area contributed by atoms with Crippen molar-refractivity contribution in [2.75, 3.05) is 11.9 Å². The third-order valence-corrected chi connectivity index (χ3v) is 4.67. The topological polar surface area (TPSA) is 68.3 Å². The number of hydrogen-bond donors (Lipinski definition) is 1. The fraction of sp³-hybridized carbons (Fsp3) is 0.389. The molecule has 0 aliphatic carbocycles. The number of hydrogen-bond acceptors (Lipinski definition) is 5. The maximum Gasteiger partial charge on any atom is 0.350 e. The number of ether oxygens (including phenoxy) is 1. The number of rotatable bonds is 7. The number of amides is 1. The Hall–Kier alpha value is -2.21. The van der Waals surface area contributed by atoms with E-state index in [1.807, 2.05) is 44.2 Å². The third kappa shape index (κ3) is 4.20. The predicted octanol–water partition coefficient (Wildman–Crippen LogP) is 4.36. The van der Waals surface area contributed by atoms with Crippen molar-refractivity contribution in [1.29, 1.82) is 0 Å². The molecule has 0 atom stereocenters. The highest BCUT2D eigenvalue weighted by Crippen LogP contribution is 2.32. The van der Waals surface area contributed by atoms with E-state index in [0.29, 0.717) is 22.3 Å². The maximum absolute atomic E-state index is 12.3. The van der Waals surface area contributed by atoms with Crippen LogP contribution in [0, 0.1) is 5.92 Å². The Bertz CT molecular complexity index is 694. The summed E-state index contributed by atoms with van der Waals surface area (Å²) in [6, 6.07) is 9.42. The second-order valence-electron chi connectivity index (χ2n) is 5.29. The lowest BCUT2D eigenvalue weighted by atomic mass is 10.0. The normalized spacial score (nSPS) is 10.7. The molecule has 24 heavy (non-hydrogen) atoms. The van der Waals surface area contributed by atoms with Crippen molar-refractivity contribution in [2.45, 2.75) is 33.6 Å². The van der Waals surface area contributed by atoms with E-state index >= 15 is 0 Å². The summed E-state index contributed by atoms with van der Waals surface area (Å²) in [4.78, 5) is 29.4. The van der Waals surface area contributed by atoms with E-state index in [-0.39, 0.29) is 11.8 Å². The van der Waals surface area contributed by atoms with Gasteiger partial charge in [-0.15, -0.1) is 0 Å². The fourth-order valence-corrected chi connectivity index (χ4v) is 3.25. The van der Waals surface area contributed by atoms with Crippen LogP contribution < -0.4 is 5.32 Å². The van der Waals surface area contributed by atoms with Crippen molar-refractivity contribution in [3.63, 3.8) is 0 Å². The Morgan fingerprint density at radius 2 is 1.83 bits per heavy atom. The third-order valence-electron chi connectivity index (χ3n) is 3.72. The Labute approximate surface area is 146 Å². The first-order valence-electron chi connectivity index (χ1n) is 8.14. The highest BCUT2D eigenvalue weighted by atomic mass is 32.1. The molecule has 128 valence electrons. The minimum Gasteiger partial charge on any atom is -0.462 e. The van der Waals surface area contributed by atoms with Crippen molar-refractivity contribution in [1.82, 2.24) is 4.98 Å². The first-order chi connectivity index (χ1) is 11.6. The van der Waals surface area contributed by atoms with Gasteiger partial charge in [0, 0.05) is 11.5 Å². The average molecular weight is 346 g/mol. The molecule has 6 heteroatoms. The van der Waals surface area contributed by atoms with Crippen LogP contribution in [-0.4, -0.2) is 23.5 Å². The van der Waals surface area contributed by atoms with Gasteiger partial charge in [0.1, 0.15) is 4.88 Å². The molecule has 0 radical (unpaired) electrons. The van der Waals surface area contributed by atoms with Crippen LogP contribution in [-0.2, 0) is 9.53 Å². The van der Waals surface area contributed by atoms with Crippen LogP contribution in [0.5, 0.6) is 0 Å². The van der Waals surface area contributed by atoms with Crippen LogP contribution >= 0.6 is 11.3 Å². The largest absolute Gasteiger partial charge is 0.462 e. The van der Waals surface area contributed by atoms with Gasteiger partial charge in [-0.3, -0.25) is 4.79 Å². The number of thiazole rings is 1. The molecule has 0 unspecified atom stereocenters. The predicted molar refractivity (Wildman–Crippen MR) is 96.2 cm³/mol. The number of benzene rings is 1. The summed E-state index contributed by atoms with van der Waals surface area (Å²) in [5.41, 5.74) is 1.36. The van der Waals surface area contributed by atoms with Crippen LogP contribution in [0.15, 0.2) is 30.3 Å². The fourth-order valence-electron chi connectivity index (χ4n) is 2.37. The van der Waals surface area contributed by atoms with Crippen LogP contribution in [0.25, 0.3) is 11.3 Å². The van der Waals surface area contributed by atoms with Gasteiger partial charge in [-0.2, -0.15) is 0 Å². The van der Waals surface area contributed by atoms with E-state index in [4.69, 9.17) is 4.74 Å². The molecule has 0 aliphatic rings. The molecule has 1 heterocycles. The SMILES string of the molecule is CCOC(=O)c1sc(NC(=O)C(CC)CC)nc1-c1ccccc1. The molecule has 1 aromatic carbocycles. The Morgan fingerprint density at radius 3 is 2.42 bits per heavy atom. The lowest BCUT2D eigenvalue weighted by molar-refractivity contribution is -0.120. The minimum atomic E-state index is -0.420. The zero-order chi connectivity index (χ0) is 17.5. The Morgan fingerprint density at radius 1 is 1.17 bits per heavy atom. The molecule has 1 aromatic heterocycles. The maximum atomic E-state index is 12.3. The number of nitrogens with one attached hydrogen (secondary N) is 1. The van der Waals surface area contributed by atoms with Crippen LogP contribution in [0.3, 0.4) is 0 Å². The van der Waals surface area contributed by atoms with Gasteiger partial charge in [0.05, 0.1) is 12.3 Å².